The maximum absolute atomic E-state index is 13.5. The molecule has 1 aromatic heterocycles. The zero-order valence-electron chi connectivity index (χ0n) is 8.61. The number of nitrogen functional groups attached to an aromatic ring is 1. The highest BCUT2D eigenvalue weighted by Crippen LogP contribution is 2.27. The topological polar surface area (TPSA) is 67.6 Å². The molecule has 4 nitrogen and oxygen atoms in total. The molecule has 16 heavy (non-hydrogen) atoms. The van der Waals surface area contributed by atoms with E-state index in [4.69, 9.17) is 11.0 Å². The molecule has 1 heterocycles. The fourth-order valence-corrected chi connectivity index (χ4v) is 1.49. The fraction of sp³-hybridized carbons (Fsp3) is 0.0909. The molecule has 0 atom stereocenters. The predicted octanol–water partition coefficient (Wildman–Crippen LogP) is 1.68. The van der Waals surface area contributed by atoms with Gasteiger partial charge in [-0.05, 0) is 12.1 Å². The molecule has 0 aliphatic rings. The van der Waals surface area contributed by atoms with Crippen molar-refractivity contribution in [2.45, 2.75) is 0 Å². The van der Waals surface area contributed by atoms with Gasteiger partial charge in [0.1, 0.15) is 29.0 Å². The second-order valence-electron chi connectivity index (χ2n) is 3.32. The monoisotopic (exact) mass is 216 g/mol. The van der Waals surface area contributed by atoms with Gasteiger partial charge in [0.2, 0.25) is 0 Å². The van der Waals surface area contributed by atoms with Crippen molar-refractivity contribution < 1.29 is 4.39 Å². The summed E-state index contributed by atoms with van der Waals surface area (Å²) < 4.78 is 14.9. The van der Waals surface area contributed by atoms with Crippen molar-refractivity contribution >= 4 is 5.82 Å². The van der Waals surface area contributed by atoms with Crippen molar-refractivity contribution in [2.75, 3.05) is 5.73 Å². The van der Waals surface area contributed by atoms with Crippen LogP contribution >= 0.6 is 0 Å². The predicted molar refractivity (Wildman–Crippen MR) is 57.7 cm³/mol. The Hall–Kier alpha value is -2.35. The highest BCUT2D eigenvalue weighted by atomic mass is 19.1. The first-order valence-electron chi connectivity index (χ1n) is 4.62. The van der Waals surface area contributed by atoms with E-state index < -0.39 is 5.82 Å². The van der Waals surface area contributed by atoms with Gasteiger partial charge in [0, 0.05) is 12.6 Å². The minimum Gasteiger partial charge on any atom is -0.383 e. The lowest BCUT2D eigenvalue weighted by Gasteiger charge is -1.98. The molecule has 0 aliphatic carbocycles. The van der Waals surface area contributed by atoms with Gasteiger partial charge in [0.25, 0.3) is 0 Å². The summed E-state index contributed by atoms with van der Waals surface area (Å²) in [5.74, 6) is -0.183. The molecule has 0 radical (unpaired) electrons. The number of benzene rings is 1. The van der Waals surface area contributed by atoms with Crippen molar-refractivity contribution in [1.82, 2.24) is 9.78 Å². The lowest BCUT2D eigenvalue weighted by molar-refractivity contribution is 0.630. The Balaban J connectivity index is 2.71. The van der Waals surface area contributed by atoms with E-state index in [-0.39, 0.29) is 22.6 Å². The first kappa shape index (κ1) is 10.2. The minimum atomic E-state index is -0.419. The highest BCUT2D eigenvalue weighted by Gasteiger charge is 2.17. The van der Waals surface area contributed by atoms with Gasteiger partial charge in [-0.3, -0.25) is 4.68 Å². The molecule has 0 aliphatic heterocycles. The molecule has 0 saturated heterocycles. The van der Waals surface area contributed by atoms with E-state index in [1.54, 1.807) is 25.2 Å². The van der Waals surface area contributed by atoms with Crippen molar-refractivity contribution in [2.24, 2.45) is 7.05 Å². The molecule has 5 heteroatoms. The van der Waals surface area contributed by atoms with Crippen LogP contribution in [0, 0.1) is 17.1 Å². The summed E-state index contributed by atoms with van der Waals surface area (Å²) in [4.78, 5) is 0. The number of nitrogens with two attached hydrogens (primary N) is 1. The molecule has 2 rings (SSSR count). The summed E-state index contributed by atoms with van der Waals surface area (Å²) in [5.41, 5.74) is 6.42. The summed E-state index contributed by atoms with van der Waals surface area (Å²) in [5, 5.41) is 13.0. The van der Waals surface area contributed by atoms with Crippen molar-refractivity contribution in [1.29, 1.82) is 5.26 Å². The second-order valence-corrected chi connectivity index (χ2v) is 3.32. The Morgan fingerprint density at radius 1 is 1.44 bits per heavy atom. The van der Waals surface area contributed by atoms with Crippen LogP contribution in [0.3, 0.4) is 0 Å². The molecule has 0 spiro atoms. The molecule has 1 aromatic carbocycles. The van der Waals surface area contributed by atoms with Crippen LogP contribution in [0.5, 0.6) is 0 Å². The minimum absolute atomic E-state index is 0.201. The first-order valence-corrected chi connectivity index (χ1v) is 4.62. The van der Waals surface area contributed by atoms with Gasteiger partial charge in [-0.15, -0.1) is 0 Å². The maximum atomic E-state index is 13.5. The van der Waals surface area contributed by atoms with E-state index >= 15 is 0 Å². The van der Waals surface area contributed by atoms with Gasteiger partial charge in [-0.1, -0.05) is 12.1 Å². The molecule has 80 valence electrons. The number of rotatable bonds is 1. The zero-order chi connectivity index (χ0) is 11.7. The third-order valence-corrected chi connectivity index (χ3v) is 2.33. The average Bonchev–Trinajstić information content (AvgIpc) is 2.56. The largest absolute Gasteiger partial charge is 0.383 e. The summed E-state index contributed by atoms with van der Waals surface area (Å²) in [6.07, 6.45) is 0. The van der Waals surface area contributed by atoms with Crippen LogP contribution in [-0.4, -0.2) is 9.78 Å². The van der Waals surface area contributed by atoms with E-state index in [9.17, 15) is 4.39 Å². The smallest absolute Gasteiger partial charge is 0.140 e. The summed E-state index contributed by atoms with van der Waals surface area (Å²) in [6, 6.07) is 8.09. The number of aromatic nitrogens is 2. The van der Waals surface area contributed by atoms with E-state index in [0.29, 0.717) is 0 Å². The van der Waals surface area contributed by atoms with E-state index in [1.807, 2.05) is 6.07 Å². The molecule has 0 fully saturated rings. The Morgan fingerprint density at radius 2 is 2.12 bits per heavy atom. The Morgan fingerprint density at radius 3 is 2.75 bits per heavy atom. The van der Waals surface area contributed by atoms with Crippen LogP contribution in [0.4, 0.5) is 10.2 Å². The number of hydrogen-bond donors (Lipinski definition) is 1. The number of anilines is 1. The van der Waals surface area contributed by atoms with Crippen molar-refractivity contribution in [3.63, 3.8) is 0 Å². The molecule has 0 saturated carbocycles. The first-order chi connectivity index (χ1) is 7.65. The summed E-state index contributed by atoms with van der Waals surface area (Å²) >= 11 is 0. The number of nitriles is 1. The Bertz CT molecular complexity index is 580. The van der Waals surface area contributed by atoms with Crippen molar-refractivity contribution in [3.05, 3.63) is 35.6 Å². The second kappa shape index (κ2) is 3.66. The number of nitrogens with zero attached hydrogens (tertiary/aromatic N) is 3. The average molecular weight is 216 g/mol. The molecule has 0 bridgehead atoms. The normalized spacial score (nSPS) is 10.1. The van der Waals surface area contributed by atoms with Crippen LogP contribution < -0.4 is 5.73 Å². The SMILES string of the molecule is Cn1nc(-c2ccccc2F)c(C#N)c1N. The number of hydrogen-bond acceptors (Lipinski definition) is 3. The van der Waals surface area contributed by atoms with E-state index in [0.717, 1.165) is 0 Å². The number of halogens is 1. The standard InChI is InChI=1S/C11H9FN4/c1-16-11(14)8(6-13)10(15-16)7-4-2-3-5-9(7)12/h2-5H,14H2,1H3. The van der Waals surface area contributed by atoms with Crippen LogP contribution in [0.25, 0.3) is 11.3 Å². The molecular weight excluding hydrogens is 207 g/mol. The quantitative estimate of drug-likeness (QED) is 0.788. The van der Waals surface area contributed by atoms with Crippen LogP contribution in [0.1, 0.15) is 5.56 Å². The molecule has 2 aromatic rings. The van der Waals surface area contributed by atoms with Gasteiger partial charge in [0.15, 0.2) is 0 Å². The van der Waals surface area contributed by atoms with Crippen LogP contribution in [-0.2, 0) is 7.05 Å². The molecule has 2 N–H and O–H groups in total. The van der Waals surface area contributed by atoms with Crippen LogP contribution in [0.15, 0.2) is 24.3 Å². The summed E-state index contributed by atoms with van der Waals surface area (Å²) in [6.45, 7) is 0. The fourth-order valence-electron chi connectivity index (χ4n) is 1.49. The van der Waals surface area contributed by atoms with Gasteiger partial charge in [-0.2, -0.15) is 10.4 Å². The highest BCUT2D eigenvalue weighted by molar-refractivity contribution is 5.72. The lowest BCUT2D eigenvalue weighted by atomic mass is 10.1. The molecule has 0 unspecified atom stereocenters. The molecule has 0 amide bonds. The van der Waals surface area contributed by atoms with Gasteiger partial charge >= 0.3 is 0 Å². The Labute approximate surface area is 91.7 Å². The lowest BCUT2D eigenvalue weighted by Crippen LogP contribution is -1.97. The zero-order valence-corrected chi connectivity index (χ0v) is 8.61. The maximum Gasteiger partial charge on any atom is 0.140 e. The van der Waals surface area contributed by atoms with Crippen LogP contribution in [0.2, 0.25) is 0 Å². The molecular formula is C11H9FN4. The van der Waals surface area contributed by atoms with Gasteiger partial charge in [-0.25, -0.2) is 4.39 Å². The van der Waals surface area contributed by atoms with Crippen molar-refractivity contribution in [3.8, 4) is 17.3 Å². The van der Waals surface area contributed by atoms with E-state index in [2.05, 4.69) is 5.10 Å². The number of aryl methyl sites for hydroxylation is 1. The third kappa shape index (κ3) is 1.41. The third-order valence-electron chi connectivity index (χ3n) is 2.33. The summed E-state index contributed by atoms with van der Waals surface area (Å²) in [7, 11) is 1.61. The van der Waals surface area contributed by atoms with Gasteiger partial charge < -0.3 is 5.73 Å². The van der Waals surface area contributed by atoms with Gasteiger partial charge in [0.05, 0.1) is 0 Å². The van der Waals surface area contributed by atoms with E-state index in [1.165, 1.54) is 10.7 Å². The Kier molecular flexibility index (Phi) is 2.33.